The number of nitrogens with zero attached hydrogens (tertiary/aromatic N) is 3. The van der Waals surface area contributed by atoms with Gasteiger partial charge >= 0.3 is 0 Å². The standard InChI is InChI=1S/C20H22N4O2S2/c1-2-26-17-11-7-6-10-16(17)24-19(22-23-20(24)28-13-18(21)25)14-27-12-15-8-4-3-5-9-15/h3-11H,2,12-14H2,1H3,(H2,21,25). The van der Waals surface area contributed by atoms with Crippen LogP contribution in [0.3, 0.4) is 0 Å². The summed E-state index contributed by atoms with van der Waals surface area (Å²) in [5.74, 6) is 2.87. The third kappa shape index (κ3) is 5.30. The minimum Gasteiger partial charge on any atom is -0.492 e. The summed E-state index contributed by atoms with van der Waals surface area (Å²) < 4.78 is 7.74. The molecule has 6 nitrogen and oxygen atoms in total. The largest absolute Gasteiger partial charge is 0.492 e. The molecule has 3 aromatic rings. The lowest BCUT2D eigenvalue weighted by molar-refractivity contribution is -0.115. The highest BCUT2D eigenvalue weighted by Gasteiger charge is 2.18. The number of carbonyl (C=O) groups is 1. The molecule has 0 unspecified atom stereocenters. The van der Waals surface area contributed by atoms with Crippen molar-refractivity contribution in [3.8, 4) is 11.4 Å². The zero-order valence-corrected chi connectivity index (χ0v) is 17.2. The van der Waals surface area contributed by atoms with Gasteiger partial charge < -0.3 is 10.5 Å². The average molecular weight is 415 g/mol. The van der Waals surface area contributed by atoms with Crippen LogP contribution in [0.2, 0.25) is 0 Å². The van der Waals surface area contributed by atoms with Gasteiger partial charge in [0.15, 0.2) is 5.16 Å². The average Bonchev–Trinajstić information content (AvgIpc) is 3.10. The van der Waals surface area contributed by atoms with E-state index in [1.54, 1.807) is 11.8 Å². The van der Waals surface area contributed by atoms with Crippen molar-refractivity contribution in [2.24, 2.45) is 5.73 Å². The van der Waals surface area contributed by atoms with Gasteiger partial charge in [-0.15, -0.1) is 22.0 Å². The van der Waals surface area contributed by atoms with Gasteiger partial charge in [0.25, 0.3) is 0 Å². The summed E-state index contributed by atoms with van der Waals surface area (Å²) in [6.45, 7) is 2.50. The number of hydrogen-bond donors (Lipinski definition) is 1. The first kappa shape index (κ1) is 20.3. The normalized spacial score (nSPS) is 10.8. The second-order valence-corrected chi connectivity index (χ2v) is 7.80. The van der Waals surface area contributed by atoms with Gasteiger partial charge in [0.1, 0.15) is 11.6 Å². The highest BCUT2D eigenvalue weighted by molar-refractivity contribution is 7.99. The second kappa shape index (κ2) is 10.2. The van der Waals surface area contributed by atoms with Crippen molar-refractivity contribution in [1.82, 2.24) is 14.8 Å². The zero-order chi connectivity index (χ0) is 19.8. The lowest BCUT2D eigenvalue weighted by Gasteiger charge is -2.14. The number of benzene rings is 2. The molecule has 3 rings (SSSR count). The predicted molar refractivity (Wildman–Crippen MR) is 114 cm³/mol. The number of thioether (sulfide) groups is 2. The Morgan fingerprint density at radius 1 is 1.07 bits per heavy atom. The highest BCUT2D eigenvalue weighted by atomic mass is 32.2. The minimum absolute atomic E-state index is 0.145. The fraction of sp³-hybridized carbons (Fsp3) is 0.250. The number of ether oxygens (including phenoxy) is 1. The molecular weight excluding hydrogens is 392 g/mol. The van der Waals surface area contributed by atoms with E-state index in [9.17, 15) is 4.79 Å². The highest BCUT2D eigenvalue weighted by Crippen LogP contribution is 2.30. The number of carbonyl (C=O) groups excluding carboxylic acids is 1. The van der Waals surface area contributed by atoms with Crippen LogP contribution in [0, 0.1) is 0 Å². The quantitative estimate of drug-likeness (QED) is 0.510. The van der Waals surface area contributed by atoms with Crippen LogP contribution in [-0.4, -0.2) is 33.0 Å². The fourth-order valence-electron chi connectivity index (χ4n) is 2.62. The lowest BCUT2D eigenvalue weighted by Crippen LogP contribution is -2.14. The molecule has 146 valence electrons. The van der Waals surface area contributed by atoms with Crippen molar-refractivity contribution in [3.05, 3.63) is 66.0 Å². The Labute approximate surface area is 172 Å². The molecule has 28 heavy (non-hydrogen) atoms. The summed E-state index contributed by atoms with van der Waals surface area (Å²) in [6.07, 6.45) is 0. The number of amides is 1. The molecule has 0 aliphatic rings. The van der Waals surface area contributed by atoms with E-state index in [4.69, 9.17) is 10.5 Å². The van der Waals surface area contributed by atoms with Gasteiger partial charge in [0, 0.05) is 5.75 Å². The molecule has 0 atom stereocenters. The van der Waals surface area contributed by atoms with Crippen molar-refractivity contribution in [2.45, 2.75) is 23.6 Å². The van der Waals surface area contributed by atoms with Crippen molar-refractivity contribution in [2.75, 3.05) is 12.4 Å². The topological polar surface area (TPSA) is 83.0 Å². The van der Waals surface area contributed by atoms with E-state index in [0.29, 0.717) is 17.5 Å². The van der Waals surface area contributed by atoms with Crippen LogP contribution in [0.1, 0.15) is 18.3 Å². The molecule has 2 N–H and O–H groups in total. The molecular formula is C20H22N4O2S2. The van der Waals surface area contributed by atoms with Gasteiger partial charge in [-0.05, 0) is 24.6 Å². The molecule has 0 saturated heterocycles. The molecule has 0 bridgehead atoms. The summed E-state index contributed by atoms with van der Waals surface area (Å²) in [5.41, 5.74) is 7.43. The van der Waals surface area contributed by atoms with Gasteiger partial charge in [0.05, 0.1) is 23.8 Å². The molecule has 1 heterocycles. The first-order valence-corrected chi connectivity index (χ1v) is 11.0. The maximum Gasteiger partial charge on any atom is 0.227 e. The van der Waals surface area contributed by atoms with Crippen LogP contribution in [-0.2, 0) is 16.3 Å². The van der Waals surface area contributed by atoms with E-state index in [1.165, 1.54) is 17.3 Å². The van der Waals surface area contributed by atoms with Gasteiger partial charge in [-0.1, -0.05) is 54.2 Å². The molecule has 0 spiro atoms. The van der Waals surface area contributed by atoms with Crippen LogP contribution in [0.15, 0.2) is 59.8 Å². The van der Waals surface area contributed by atoms with Crippen molar-refractivity contribution in [1.29, 1.82) is 0 Å². The van der Waals surface area contributed by atoms with E-state index in [1.807, 2.05) is 54.0 Å². The van der Waals surface area contributed by atoms with Crippen LogP contribution >= 0.6 is 23.5 Å². The van der Waals surface area contributed by atoms with Gasteiger partial charge in [0.2, 0.25) is 5.91 Å². The monoisotopic (exact) mass is 414 g/mol. The summed E-state index contributed by atoms with van der Waals surface area (Å²) in [5, 5.41) is 9.28. The first-order valence-electron chi connectivity index (χ1n) is 8.88. The Balaban J connectivity index is 1.86. The van der Waals surface area contributed by atoms with E-state index in [-0.39, 0.29) is 5.75 Å². The Morgan fingerprint density at radius 2 is 1.82 bits per heavy atom. The molecule has 1 amide bonds. The number of rotatable bonds is 10. The van der Waals surface area contributed by atoms with Crippen molar-refractivity contribution >= 4 is 29.4 Å². The molecule has 2 aromatic carbocycles. The Bertz CT molecular complexity index is 916. The van der Waals surface area contributed by atoms with Crippen molar-refractivity contribution in [3.63, 3.8) is 0 Å². The number of para-hydroxylation sites is 2. The van der Waals surface area contributed by atoms with E-state index >= 15 is 0 Å². The summed E-state index contributed by atoms with van der Waals surface area (Å²) in [4.78, 5) is 11.2. The predicted octanol–water partition coefficient (Wildman–Crippen LogP) is 3.68. The number of nitrogens with two attached hydrogens (primary N) is 1. The summed E-state index contributed by atoms with van der Waals surface area (Å²) in [6, 6.07) is 18.1. The molecule has 8 heteroatoms. The van der Waals surface area contributed by atoms with E-state index in [2.05, 4.69) is 22.3 Å². The van der Waals surface area contributed by atoms with Gasteiger partial charge in [-0.2, -0.15) is 0 Å². The summed E-state index contributed by atoms with van der Waals surface area (Å²) in [7, 11) is 0. The van der Waals surface area contributed by atoms with E-state index < -0.39 is 5.91 Å². The molecule has 0 fully saturated rings. The second-order valence-electron chi connectivity index (χ2n) is 5.87. The molecule has 0 radical (unpaired) electrons. The third-order valence-electron chi connectivity index (χ3n) is 3.79. The van der Waals surface area contributed by atoms with Gasteiger partial charge in [-0.25, -0.2) is 0 Å². The number of aromatic nitrogens is 3. The number of primary amides is 1. The SMILES string of the molecule is CCOc1ccccc1-n1c(CSCc2ccccc2)nnc1SCC(N)=O. The first-order chi connectivity index (χ1) is 13.7. The molecule has 0 saturated carbocycles. The summed E-state index contributed by atoms with van der Waals surface area (Å²) >= 11 is 3.04. The van der Waals surface area contributed by atoms with E-state index in [0.717, 1.165) is 23.0 Å². The maximum absolute atomic E-state index is 11.2. The molecule has 1 aromatic heterocycles. The van der Waals surface area contributed by atoms with Crippen LogP contribution in [0.4, 0.5) is 0 Å². The minimum atomic E-state index is -0.391. The van der Waals surface area contributed by atoms with Crippen LogP contribution in [0.25, 0.3) is 5.69 Å². The number of hydrogen-bond acceptors (Lipinski definition) is 6. The van der Waals surface area contributed by atoms with Crippen LogP contribution < -0.4 is 10.5 Å². The maximum atomic E-state index is 11.2. The van der Waals surface area contributed by atoms with Crippen molar-refractivity contribution < 1.29 is 9.53 Å². The third-order valence-corrected chi connectivity index (χ3v) is 5.74. The Morgan fingerprint density at radius 3 is 2.57 bits per heavy atom. The fourth-order valence-corrected chi connectivity index (χ4v) is 4.22. The van der Waals surface area contributed by atoms with Gasteiger partial charge in [-0.3, -0.25) is 9.36 Å². The Hall–Kier alpha value is -2.45. The van der Waals surface area contributed by atoms with Crippen LogP contribution in [0.5, 0.6) is 5.75 Å². The zero-order valence-electron chi connectivity index (χ0n) is 15.6. The lowest BCUT2D eigenvalue weighted by atomic mass is 10.2. The smallest absolute Gasteiger partial charge is 0.227 e. The Kier molecular flexibility index (Phi) is 7.39. The molecule has 0 aliphatic heterocycles. The molecule has 0 aliphatic carbocycles.